The van der Waals surface area contributed by atoms with Crippen LogP contribution in [0.4, 0.5) is 10.7 Å². The number of aromatic amines is 1. The number of carboxylic acid groups (broad SMARTS) is 1. The van der Waals surface area contributed by atoms with Crippen LogP contribution in [0.1, 0.15) is 12.8 Å². The summed E-state index contributed by atoms with van der Waals surface area (Å²) in [4.78, 5) is 42.4. The number of H-pyrrole nitrogens is 1. The van der Waals surface area contributed by atoms with E-state index in [-0.39, 0.29) is 0 Å². The van der Waals surface area contributed by atoms with Crippen molar-refractivity contribution >= 4 is 34.9 Å². The lowest BCUT2D eigenvalue weighted by molar-refractivity contribution is -0.141. The number of urea groups is 1. The normalized spacial score (nSPS) is 17.3. The number of rotatable bonds is 7. The molecule has 1 fully saturated rings. The van der Waals surface area contributed by atoms with E-state index in [1.54, 1.807) is 0 Å². The van der Waals surface area contributed by atoms with Crippen LogP contribution in [0.5, 0.6) is 0 Å². The molecule has 1 aliphatic rings. The largest absolute Gasteiger partial charge is 0.480 e. The zero-order valence-electron chi connectivity index (χ0n) is 12.8. The zero-order valence-corrected chi connectivity index (χ0v) is 12.8. The van der Waals surface area contributed by atoms with Crippen molar-refractivity contribution in [2.24, 2.45) is 0 Å². The van der Waals surface area contributed by atoms with E-state index in [9.17, 15) is 14.4 Å². The lowest BCUT2D eigenvalue weighted by Gasteiger charge is -2.10. The number of nitrogens with zero attached hydrogens (tertiary/aromatic N) is 2. The molecular weight excluding hydrogens is 314 g/mol. The molecule has 3 amide bonds. The quantitative estimate of drug-likeness (QED) is 0.438. The second-order valence-corrected chi connectivity index (χ2v) is 5.49. The number of anilines is 1. The van der Waals surface area contributed by atoms with E-state index in [2.05, 4.69) is 20.6 Å². The summed E-state index contributed by atoms with van der Waals surface area (Å²) < 4.78 is 0. The number of fused-ring (bicyclic) bond motifs is 1. The van der Waals surface area contributed by atoms with Crippen LogP contribution in [0.3, 0.4) is 0 Å². The van der Waals surface area contributed by atoms with Crippen LogP contribution in [0, 0.1) is 0 Å². The lowest BCUT2D eigenvalue weighted by Crippen LogP contribution is -2.36. The molecule has 1 aromatic heterocycles. The van der Waals surface area contributed by atoms with Crippen LogP contribution in [-0.2, 0) is 9.59 Å². The molecule has 1 saturated heterocycles. The number of aliphatic carboxylic acids is 1. The number of amides is 3. The first-order chi connectivity index (χ1) is 11.5. The molecule has 9 nitrogen and oxygen atoms in total. The molecule has 3 rings (SSSR count). The summed E-state index contributed by atoms with van der Waals surface area (Å²) >= 11 is 0. The summed E-state index contributed by atoms with van der Waals surface area (Å²) in [6.45, 7) is -0.0448. The first-order valence-electron chi connectivity index (χ1n) is 7.57. The van der Waals surface area contributed by atoms with Crippen molar-refractivity contribution in [1.29, 1.82) is 0 Å². The molecule has 2 aromatic rings. The number of carbonyl (C=O) groups excluding carboxylic acids is 2. The number of imidazole rings is 1. The molecule has 4 N–H and O–H groups in total. The van der Waals surface area contributed by atoms with Gasteiger partial charge in [0.1, 0.15) is 12.6 Å². The Balaban J connectivity index is 1.47. The lowest BCUT2D eigenvalue weighted by atomic mass is 10.1. The molecule has 9 heteroatoms. The summed E-state index contributed by atoms with van der Waals surface area (Å²) in [5.74, 6) is -1.07. The van der Waals surface area contributed by atoms with Gasteiger partial charge in [-0.25, -0.2) is 9.78 Å². The monoisotopic (exact) mass is 331 g/mol. The Morgan fingerprint density at radius 2 is 2.12 bits per heavy atom. The average Bonchev–Trinajstić information content (AvgIpc) is 3.07. The molecule has 0 unspecified atom stereocenters. The summed E-state index contributed by atoms with van der Waals surface area (Å²) in [6, 6.07) is 6.33. The maximum Gasteiger partial charge on any atom is 0.325 e. The molecule has 126 valence electrons. The standard InChI is InChI=1S/C15H17N5O4/c21-12(22)8-20-13(23)11(19-15(20)24)6-3-7-16-14-17-9-4-1-2-5-10(9)18-14/h1-2,4-5,11H,3,6-8H2,(H,19,24)(H,21,22)(H2,16,17,18)/t11-/m0/s1. The van der Waals surface area contributed by atoms with Gasteiger partial charge in [0.05, 0.1) is 11.0 Å². The Bertz CT molecular complexity index is 754. The van der Waals surface area contributed by atoms with Gasteiger partial charge in [0.25, 0.3) is 5.91 Å². The Morgan fingerprint density at radius 3 is 2.88 bits per heavy atom. The number of hydrogen-bond donors (Lipinski definition) is 4. The maximum absolute atomic E-state index is 12.0. The third kappa shape index (κ3) is 3.29. The van der Waals surface area contributed by atoms with E-state index < -0.39 is 30.5 Å². The fourth-order valence-electron chi connectivity index (χ4n) is 2.61. The number of nitrogens with one attached hydrogen (secondary N) is 3. The fraction of sp³-hybridized carbons (Fsp3) is 0.333. The van der Waals surface area contributed by atoms with Gasteiger partial charge < -0.3 is 20.7 Å². The summed E-state index contributed by atoms with van der Waals surface area (Å²) in [7, 11) is 0. The van der Waals surface area contributed by atoms with Crippen molar-refractivity contribution in [3.8, 4) is 0 Å². The Hall–Kier alpha value is -3.10. The molecule has 0 aliphatic carbocycles. The average molecular weight is 331 g/mol. The van der Waals surface area contributed by atoms with Gasteiger partial charge in [-0.2, -0.15) is 0 Å². The minimum atomic E-state index is -1.22. The fourth-order valence-corrected chi connectivity index (χ4v) is 2.61. The third-order valence-corrected chi connectivity index (χ3v) is 3.75. The second kappa shape index (κ2) is 6.57. The molecule has 2 heterocycles. The highest BCUT2D eigenvalue weighted by Gasteiger charge is 2.38. The van der Waals surface area contributed by atoms with Crippen LogP contribution >= 0.6 is 0 Å². The van der Waals surface area contributed by atoms with E-state index >= 15 is 0 Å². The zero-order chi connectivity index (χ0) is 17.1. The van der Waals surface area contributed by atoms with Gasteiger partial charge >= 0.3 is 12.0 Å². The number of carbonyl (C=O) groups is 3. The molecule has 0 saturated carbocycles. The molecule has 0 spiro atoms. The van der Waals surface area contributed by atoms with Gasteiger partial charge in [-0.15, -0.1) is 0 Å². The molecular formula is C15H17N5O4. The van der Waals surface area contributed by atoms with Gasteiger partial charge in [-0.3, -0.25) is 14.5 Å². The summed E-state index contributed by atoms with van der Waals surface area (Å²) in [6.07, 6.45) is 1.04. The highest BCUT2D eigenvalue weighted by Crippen LogP contribution is 2.14. The number of hydrogen-bond acceptors (Lipinski definition) is 5. The highest BCUT2D eigenvalue weighted by molar-refractivity contribution is 6.05. The van der Waals surface area contributed by atoms with Crippen molar-refractivity contribution < 1.29 is 19.5 Å². The van der Waals surface area contributed by atoms with E-state index in [1.165, 1.54) is 0 Å². The molecule has 0 bridgehead atoms. The number of benzene rings is 1. The van der Waals surface area contributed by atoms with Crippen molar-refractivity contribution in [1.82, 2.24) is 20.2 Å². The number of carboxylic acids is 1. The van der Waals surface area contributed by atoms with E-state index in [0.717, 1.165) is 15.9 Å². The molecule has 1 atom stereocenters. The molecule has 0 radical (unpaired) electrons. The van der Waals surface area contributed by atoms with Gasteiger partial charge in [0, 0.05) is 6.54 Å². The second-order valence-electron chi connectivity index (χ2n) is 5.49. The van der Waals surface area contributed by atoms with E-state index in [4.69, 9.17) is 5.11 Å². The van der Waals surface area contributed by atoms with Crippen LogP contribution in [-0.4, -0.2) is 57.0 Å². The van der Waals surface area contributed by atoms with Crippen LogP contribution < -0.4 is 10.6 Å². The topological polar surface area (TPSA) is 127 Å². The Morgan fingerprint density at radius 1 is 1.33 bits per heavy atom. The van der Waals surface area contributed by atoms with Crippen LogP contribution in [0.2, 0.25) is 0 Å². The summed E-state index contributed by atoms with van der Waals surface area (Å²) in [5.41, 5.74) is 1.80. The Labute approximate surface area is 137 Å². The van der Waals surface area contributed by atoms with E-state index in [1.807, 2.05) is 24.3 Å². The van der Waals surface area contributed by atoms with Crippen molar-refractivity contribution in [3.05, 3.63) is 24.3 Å². The smallest absolute Gasteiger partial charge is 0.325 e. The molecule has 1 aromatic carbocycles. The van der Waals surface area contributed by atoms with Crippen molar-refractivity contribution in [3.63, 3.8) is 0 Å². The van der Waals surface area contributed by atoms with E-state index in [0.29, 0.717) is 25.3 Å². The third-order valence-electron chi connectivity index (χ3n) is 3.75. The highest BCUT2D eigenvalue weighted by atomic mass is 16.4. The maximum atomic E-state index is 12.0. The molecule has 24 heavy (non-hydrogen) atoms. The minimum Gasteiger partial charge on any atom is -0.480 e. The van der Waals surface area contributed by atoms with Crippen molar-refractivity contribution in [2.75, 3.05) is 18.4 Å². The first kappa shape index (κ1) is 15.8. The van der Waals surface area contributed by atoms with Gasteiger partial charge in [0.15, 0.2) is 0 Å². The number of aromatic nitrogens is 2. The Kier molecular flexibility index (Phi) is 4.32. The SMILES string of the molecule is O=C(O)CN1C(=O)N[C@@H](CCCNc2nc3ccccc3[nH]2)C1=O. The van der Waals surface area contributed by atoms with Gasteiger partial charge in [0.2, 0.25) is 5.95 Å². The van der Waals surface area contributed by atoms with Crippen LogP contribution in [0.25, 0.3) is 11.0 Å². The molecule has 1 aliphatic heterocycles. The van der Waals surface area contributed by atoms with Crippen molar-refractivity contribution in [2.45, 2.75) is 18.9 Å². The van der Waals surface area contributed by atoms with Crippen LogP contribution in [0.15, 0.2) is 24.3 Å². The number of para-hydroxylation sites is 2. The predicted molar refractivity (Wildman–Crippen MR) is 85.5 cm³/mol. The first-order valence-corrected chi connectivity index (χ1v) is 7.57. The minimum absolute atomic E-state index is 0.425. The number of imide groups is 1. The van der Waals surface area contributed by atoms with Gasteiger partial charge in [-0.05, 0) is 25.0 Å². The van der Waals surface area contributed by atoms with Gasteiger partial charge in [-0.1, -0.05) is 12.1 Å². The summed E-state index contributed by atoms with van der Waals surface area (Å²) in [5, 5.41) is 14.3. The predicted octanol–water partition coefficient (Wildman–Crippen LogP) is 0.760.